The quantitative estimate of drug-likeness (QED) is 0.336. The maximum Gasteiger partial charge on any atom is 0.300 e. The second kappa shape index (κ2) is 9.55. The van der Waals surface area contributed by atoms with E-state index in [9.17, 15) is 23.5 Å². The predicted octanol–water partition coefficient (Wildman–Crippen LogP) is 5.43. The Hall–Kier alpha value is -2.18. The van der Waals surface area contributed by atoms with Crippen LogP contribution in [0.25, 0.3) is 10.1 Å². The van der Waals surface area contributed by atoms with Gasteiger partial charge in [-0.25, -0.2) is 0 Å². The number of hydrogen-bond donors (Lipinski definition) is 1. The molecule has 1 aromatic heterocycles. The number of allylic oxidation sites excluding steroid dienone is 3. The minimum atomic E-state index is -3.16. The molecule has 2 aromatic rings. The molecule has 3 nitrogen and oxygen atoms in total. The van der Waals surface area contributed by atoms with E-state index >= 15 is 0 Å². The molecule has 0 unspecified atom stereocenters. The number of carbonyl (C=O) groups excluding carboxylic acids is 2. The lowest BCUT2D eigenvalue weighted by Gasteiger charge is -2.17. The number of carbonyl (C=O) groups is 2. The second-order valence-electron chi connectivity index (χ2n) is 7.36. The van der Waals surface area contributed by atoms with Crippen LogP contribution in [0.2, 0.25) is 0 Å². The average molecular weight is 419 g/mol. The Morgan fingerprint density at radius 1 is 1.21 bits per heavy atom. The number of halogens is 2. The molecule has 0 amide bonds. The van der Waals surface area contributed by atoms with Gasteiger partial charge in [0.05, 0.1) is 11.0 Å². The standard InChI is InChI=1S/C23H24F2O3S/c24-23(25,22-14-16-8-5-6-10-21(16)29-22)12-11-18-17(19(27)15-20(18)28)9-4-2-1-3-7-13-26/h2,4-6,8,10-14,17-18,20,28H,1,3,7,9,15H2/b4-2-,12-11+/t17-,18-,20-/m1/s1. The van der Waals surface area contributed by atoms with Crippen molar-refractivity contribution in [2.45, 2.75) is 44.1 Å². The van der Waals surface area contributed by atoms with Gasteiger partial charge in [0.25, 0.3) is 0 Å². The summed E-state index contributed by atoms with van der Waals surface area (Å²) >= 11 is 1.05. The van der Waals surface area contributed by atoms with E-state index < -0.39 is 23.9 Å². The molecule has 154 valence electrons. The Balaban J connectivity index is 1.70. The average Bonchev–Trinajstić information content (AvgIpc) is 3.24. The molecule has 1 saturated carbocycles. The van der Waals surface area contributed by atoms with Crippen LogP contribution in [-0.4, -0.2) is 23.3 Å². The Kier molecular flexibility index (Phi) is 7.09. The topological polar surface area (TPSA) is 54.4 Å². The Labute approximate surface area is 172 Å². The Bertz CT molecular complexity index is 883. The number of ketones is 1. The van der Waals surface area contributed by atoms with Crippen molar-refractivity contribution >= 4 is 33.5 Å². The van der Waals surface area contributed by atoms with Gasteiger partial charge in [-0.2, -0.15) is 8.78 Å². The lowest BCUT2D eigenvalue weighted by molar-refractivity contribution is -0.121. The molecule has 1 aliphatic rings. The van der Waals surface area contributed by atoms with Crippen LogP contribution < -0.4 is 0 Å². The molecule has 3 atom stereocenters. The van der Waals surface area contributed by atoms with E-state index in [1.54, 1.807) is 12.1 Å². The molecule has 1 heterocycles. The summed E-state index contributed by atoms with van der Waals surface area (Å²) < 4.78 is 30.3. The summed E-state index contributed by atoms with van der Waals surface area (Å²) in [7, 11) is 0. The molecule has 0 aliphatic heterocycles. The van der Waals surface area contributed by atoms with E-state index in [2.05, 4.69) is 0 Å². The third-order valence-electron chi connectivity index (χ3n) is 5.26. The molecular weight excluding hydrogens is 394 g/mol. The molecule has 1 fully saturated rings. The summed E-state index contributed by atoms with van der Waals surface area (Å²) in [5, 5.41) is 11.0. The van der Waals surface area contributed by atoms with Gasteiger partial charge < -0.3 is 9.90 Å². The fourth-order valence-electron chi connectivity index (χ4n) is 3.67. The first kappa shape index (κ1) is 21.5. The predicted molar refractivity (Wildman–Crippen MR) is 111 cm³/mol. The molecule has 3 rings (SSSR count). The number of rotatable bonds is 9. The van der Waals surface area contributed by atoms with E-state index in [0.29, 0.717) is 12.8 Å². The summed E-state index contributed by atoms with van der Waals surface area (Å²) in [6.07, 6.45) is 8.16. The molecule has 6 heteroatoms. The van der Waals surface area contributed by atoms with Gasteiger partial charge in [-0.1, -0.05) is 36.4 Å². The summed E-state index contributed by atoms with van der Waals surface area (Å²) in [5.74, 6) is -4.39. The zero-order valence-corrected chi connectivity index (χ0v) is 16.8. The molecule has 29 heavy (non-hydrogen) atoms. The van der Waals surface area contributed by atoms with Crippen LogP contribution in [0.5, 0.6) is 0 Å². The Morgan fingerprint density at radius 3 is 2.76 bits per heavy atom. The van der Waals surface area contributed by atoms with Gasteiger partial charge in [0.1, 0.15) is 12.1 Å². The zero-order chi connectivity index (χ0) is 20.9. The van der Waals surface area contributed by atoms with Crippen LogP contribution in [0.1, 0.15) is 37.0 Å². The highest BCUT2D eigenvalue weighted by molar-refractivity contribution is 7.19. The first-order chi connectivity index (χ1) is 13.9. The SMILES string of the molecule is O=CCCC/C=C\C[C@H]1C(=O)C[C@@H](O)[C@@H]1/C=C/C(F)(F)c1cc2ccccc2s1. The lowest BCUT2D eigenvalue weighted by atomic mass is 9.90. The number of aliphatic hydroxyl groups is 1. The van der Waals surface area contributed by atoms with Crippen molar-refractivity contribution in [1.82, 2.24) is 0 Å². The molecule has 0 saturated heterocycles. The van der Waals surface area contributed by atoms with Crippen LogP contribution in [0, 0.1) is 11.8 Å². The van der Waals surface area contributed by atoms with E-state index in [-0.39, 0.29) is 17.1 Å². The number of aldehydes is 1. The number of aliphatic hydroxyl groups excluding tert-OH is 1. The van der Waals surface area contributed by atoms with Crippen molar-refractivity contribution in [2.24, 2.45) is 11.8 Å². The number of hydrogen-bond acceptors (Lipinski definition) is 4. The van der Waals surface area contributed by atoms with Crippen LogP contribution in [0.3, 0.4) is 0 Å². The van der Waals surface area contributed by atoms with Gasteiger partial charge >= 0.3 is 5.92 Å². The second-order valence-corrected chi connectivity index (χ2v) is 8.44. The van der Waals surface area contributed by atoms with E-state index in [4.69, 9.17) is 0 Å². The largest absolute Gasteiger partial charge is 0.392 e. The van der Waals surface area contributed by atoms with Crippen molar-refractivity contribution in [3.8, 4) is 0 Å². The van der Waals surface area contributed by atoms with E-state index in [0.717, 1.165) is 46.6 Å². The van der Waals surface area contributed by atoms with E-state index in [1.165, 1.54) is 12.1 Å². The molecule has 1 N–H and O–H groups in total. The van der Waals surface area contributed by atoms with Gasteiger partial charge in [-0.3, -0.25) is 4.79 Å². The van der Waals surface area contributed by atoms with Crippen molar-refractivity contribution in [1.29, 1.82) is 0 Å². The van der Waals surface area contributed by atoms with Crippen LogP contribution in [0.15, 0.2) is 54.6 Å². The number of fused-ring (bicyclic) bond motifs is 1. The fourth-order valence-corrected chi connectivity index (χ4v) is 4.69. The van der Waals surface area contributed by atoms with Crippen LogP contribution in [0.4, 0.5) is 8.78 Å². The molecular formula is C23H24F2O3S. The summed E-state index contributed by atoms with van der Waals surface area (Å²) in [6, 6.07) is 8.71. The van der Waals surface area contributed by atoms with Crippen molar-refractivity contribution < 1.29 is 23.5 Å². The summed E-state index contributed by atoms with van der Waals surface area (Å²) in [6.45, 7) is 0. The van der Waals surface area contributed by atoms with Crippen molar-refractivity contribution in [3.63, 3.8) is 0 Å². The highest BCUT2D eigenvalue weighted by Gasteiger charge is 2.40. The smallest absolute Gasteiger partial charge is 0.300 e. The van der Waals surface area contributed by atoms with Crippen LogP contribution >= 0.6 is 11.3 Å². The zero-order valence-electron chi connectivity index (χ0n) is 16.0. The minimum absolute atomic E-state index is 0.00683. The Morgan fingerprint density at radius 2 is 2.00 bits per heavy atom. The molecule has 1 aromatic carbocycles. The van der Waals surface area contributed by atoms with Crippen molar-refractivity contribution in [2.75, 3.05) is 0 Å². The lowest BCUT2D eigenvalue weighted by Crippen LogP contribution is -2.19. The molecule has 0 radical (unpaired) electrons. The third kappa shape index (κ3) is 5.25. The maximum absolute atomic E-state index is 14.7. The minimum Gasteiger partial charge on any atom is -0.392 e. The number of Topliss-reactive ketones (excluding diaryl/α,β-unsaturated/α-hetero) is 1. The van der Waals surface area contributed by atoms with Gasteiger partial charge in [0.15, 0.2) is 0 Å². The van der Waals surface area contributed by atoms with Gasteiger partial charge in [-0.15, -0.1) is 11.3 Å². The summed E-state index contributed by atoms with van der Waals surface area (Å²) in [5.41, 5.74) is 0. The normalized spacial score (nSPS) is 23.0. The third-order valence-corrected chi connectivity index (χ3v) is 6.47. The van der Waals surface area contributed by atoms with Gasteiger partial charge in [-0.05, 0) is 42.9 Å². The highest BCUT2D eigenvalue weighted by Crippen LogP contribution is 2.40. The van der Waals surface area contributed by atoms with Crippen molar-refractivity contribution in [3.05, 3.63) is 59.5 Å². The highest BCUT2D eigenvalue weighted by atomic mass is 32.1. The first-order valence-electron chi connectivity index (χ1n) is 9.78. The van der Waals surface area contributed by atoms with Gasteiger partial charge in [0, 0.05) is 29.4 Å². The fraction of sp³-hybridized carbons (Fsp3) is 0.391. The summed E-state index contributed by atoms with van der Waals surface area (Å²) in [4.78, 5) is 22.5. The molecule has 0 spiro atoms. The monoisotopic (exact) mass is 418 g/mol. The number of thiophene rings is 1. The number of benzene rings is 1. The van der Waals surface area contributed by atoms with Gasteiger partial charge in [0.2, 0.25) is 0 Å². The number of alkyl halides is 2. The van der Waals surface area contributed by atoms with E-state index in [1.807, 2.05) is 24.3 Å². The first-order valence-corrected chi connectivity index (χ1v) is 10.6. The molecule has 1 aliphatic carbocycles. The van der Waals surface area contributed by atoms with Crippen LogP contribution in [-0.2, 0) is 15.5 Å². The number of unbranched alkanes of at least 4 members (excludes halogenated alkanes) is 2. The molecule has 0 bridgehead atoms. The maximum atomic E-state index is 14.7.